The minimum atomic E-state index is -0.895. The molecule has 1 aromatic heterocycles. The summed E-state index contributed by atoms with van der Waals surface area (Å²) in [6, 6.07) is 8.56. The molecule has 1 aliphatic heterocycles. The van der Waals surface area contributed by atoms with Crippen LogP contribution in [0.4, 0.5) is 0 Å². The highest BCUT2D eigenvalue weighted by molar-refractivity contribution is 7.99. The van der Waals surface area contributed by atoms with Crippen LogP contribution in [0.5, 0.6) is 0 Å². The molecule has 2 heterocycles. The summed E-state index contributed by atoms with van der Waals surface area (Å²) in [5, 5.41) is 10.5. The zero-order valence-electron chi connectivity index (χ0n) is 12.2. The van der Waals surface area contributed by atoms with Gasteiger partial charge in [-0.2, -0.15) is 11.8 Å². The third kappa shape index (κ3) is 3.59. The number of carboxylic acids is 1. The van der Waals surface area contributed by atoms with Crippen LogP contribution in [-0.2, 0) is 4.79 Å². The van der Waals surface area contributed by atoms with Crippen molar-refractivity contribution in [2.24, 2.45) is 0 Å². The van der Waals surface area contributed by atoms with E-state index in [1.807, 2.05) is 12.1 Å². The Kier molecular flexibility index (Phi) is 4.73. The molecule has 2 aromatic rings. The van der Waals surface area contributed by atoms with E-state index in [1.54, 1.807) is 34.9 Å². The van der Waals surface area contributed by atoms with Crippen LogP contribution in [0.2, 0.25) is 5.02 Å². The number of carboxylic acid groups (broad SMARTS) is 1. The van der Waals surface area contributed by atoms with E-state index in [1.165, 1.54) is 0 Å². The molecule has 0 radical (unpaired) electrons. The third-order valence-corrected chi connectivity index (χ3v) is 5.10. The Morgan fingerprint density at radius 2 is 2.13 bits per heavy atom. The van der Waals surface area contributed by atoms with E-state index in [2.05, 4.69) is 4.98 Å². The van der Waals surface area contributed by atoms with Crippen molar-refractivity contribution in [1.29, 1.82) is 0 Å². The largest absolute Gasteiger partial charge is 0.481 e. The monoisotopic (exact) mass is 350 g/mol. The summed E-state index contributed by atoms with van der Waals surface area (Å²) in [6.07, 6.45) is -0.0435. The van der Waals surface area contributed by atoms with Crippen molar-refractivity contribution < 1.29 is 14.7 Å². The first-order valence-corrected chi connectivity index (χ1v) is 8.74. The lowest BCUT2D eigenvalue weighted by Crippen LogP contribution is -2.47. The molecule has 3 rings (SSSR count). The smallest absolute Gasteiger partial charge is 0.305 e. The van der Waals surface area contributed by atoms with Gasteiger partial charge in [-0.05, 0) is 18.2 Å². The molecule has 0 saturated carbocycles. The van der Waals surface area contributed by atoms with Crippen LogP contribution in [0.25, 0.3) is 10.9 Å². The predicted octanol–water partition coefficient (Wildman–Crippen LogP) is 2.92. The van der Waals surface area contributed by atoms with Gasteiger partial charge in [0.2, 0.25) is 0 Å². The van der Waals surface area contributed by atoms with Gasteiger partial charge in [-0.25, -0.2) is 4.98 Å². The van der Waals surface area contributed by atoms with E-state index in [4.69, 9.17) is 16.7 Å². The number of fused-ring (bicyclic) bond motifs is 1. The Hall–Kier alpha value is -1.79. The van der Waals surface area contributed by atoms with Gasteiger partial charge in [-0.15, -0.1) is 0 Å². The van der Waals surface area contributed by atoms with Crippen LogP contribution in [0, 0.1) is 0 Å². The summed E-state index contributed by atoms with van der Waals surface area (Å²) in [4.78, 5) is 29.8. The number of amides is 1. The van der Waals surface area contributed by atoms with Crippen LogP contribution in [0.3, 0.4) is 0 Å². The summed E-state index contributed by atoms with van der Waals surface area (Å²) in [5.74, 6) is 0.325. The van der Waals surface area contributed by atoms with E-state index >= 15 is 0 Å². The molecule has 1 saturated heterocycles. The molecule has 23 heavy (non-hydrogen) atoms. The van der Waals surface area contributed by atoms with Crippen LogP contribution in [-0.4, -0.2) is 51.0 Å². The van der Waals surface area contributed by atoms with Crippen LogP contribution in [0.1, 0.15) is 16.9 Å². The maximum atomic E-state index is 12.7. The number of hydrogen-bond acceptors (Lipinski definition) is 4. The lowest BCUT2D eigenvalue weighted by Gasteiger charge is -2.34. The summed E-state index contributed by atoms with van der Waals surface area (Å²) in [7, 11) is 0. The van der Waals surface area contributed by atoms with E-state index in [0.29, 0.717) is 28.5 Å². The normalized spacial score (nSPS) is 18.1. The fourth-order valence-corrected chi connectivity index (χ4v) is 3.88. The summed E-state index contributed by atoms with van der Waals surface area (Å²) in [6.45, 7) is 0.538. The van der Waals surface area contributed by atoms with Crippen molar-refractivity contribution in [3.8, 4) is 0 Å². The van der Waals surface area contributed by atoms with E-state index in [9.17, 15) is 9.59 Å². The van der Waals surface area contributed by atoms with E-state index < -0.39 is 5.97 Å². The number of hydrogen-bond donors (Lipinski definition) is 1. The second kappa shape index (κ2) is 6.76. The summed E-state index contributed by atoms with van der Waals surface area (Å²) < 4.78 is 0. The molecular weight excluding hydrogens is 336 g/mol. The number of aromatic nitrogens is 1. The SMILES string of the molecule is O=C(O)CC1CSCCN1C(=O)c1ccc2ccc(Cl)cc2n1. The minimum Gasteiger partial charge on any atom is -0.481 e. The van der Waals surface area contributed by atoms with Crippen LogP contribution >= 0.6 is 23.4 Å². The Balaban J connectivity index is 1.90. The standard InChI is InChI=1S/C16H15ClN2O3S/c17-11-3-1-10-2-4-13(18-14(10)7-11)16(22)19-5-6-23-9-12(19)8-15(20)21/h1-4,7,12H,5-6,8-9H2,(H,20,21). The molecule has 1 fully saturated rings. The Morgan fingerprint density at radius 1 is 1.35 bits per heavy atom. The zero-order chi connectivity index (χ0) is 16.4. The number of pyridine rings is 1. The molecule has 1 N–H and O–H groups in total. The second-order valence-electron chi connectivity index (χ2n) is 5.36. The van der Waals surface area contributed by atoms with E-state index in [0.717, 1.165) is 11.1 Å². The average Bonchev–Trinajstić information content (AvgIpc) is 2.53. The lowest BCUT2D eigenvalue weighted by molar-refractivity contribution is -0.138. The first kappa shape index (κ1) is 16.1. The number of carbonyl (C=O) groups is 2. The highest BCUT2D eigenvalue weighted by Gasteiger charge is 2.30. The molecule has 1 unspecified atom stereocenters. The van der Waals surface area contributed by atoms with Crippen molar-refractivity contribution in [1.82, 2.24) is 9.88 Å². The lowest BCUT2D eigenvalue weighted by atomic mass is 10.1. The summed E-state index contributed by atoms with van der Waals surface area (Å²) in [5.41, 5.74) is 0.978. The van der Waals surface area contributed by atoms with Crippen molar-refractivity contribution in [3.05, 3.63) is 41.0 Å². The molecule has 1 atom stereocenters. The van der Waals surface area contributed by atoms with Gasteiger partial charge in [-0.3, -0.25) is 9.59 Å². The molecule has 5 nitrogen and oxygen atoms in total. The van der Waals surface area contributed by atoms with Crippen LogP contribution < -0.4 is 0 Å². The molecule has 1 amide bonds. The maximum absolute atomic E-state index is 12.7. The Morgan fingerprint density at radius 3 is 2.91 bits per heavy atom. The van der Waals surface area contributed by atoms with Gasteiger partial charge in [-0.1, -0.05) is 23.7 Å². The van der Waals surface area contributed by atoms with Crippen molar-refractivity contribution in [2.75, 3.05) is 18.1 Å². The van der Waals surface area contributed by atoms with Crippen LogP contribution in [0.15, 0.2) is 30.3 Å². The third-order valence-electron chi connectivity index (χ3n) is 3.77. The van der Waals surface area contributed by atoms with Crippen molar-refractivity contribution in [3.63, 3.8) is 0 Å². The number of thioether (sulfide) groups is 1. The molecule has 7 heteroatoms. The first-order valence-electron chi connectivity index (χ1n) is 7.21. The molecule has 120 valence electrons. The van der Waals surface area contributed by atoms with Gasteiger partial charge in [0.05, 0.1) is 18.0 Å². The molecular formula is C16H15ClN2O3S. The van der Waals surface area contributed by atoms with Gasteiger partial charge < -0.3 is 10.0 Å². The number of rotatable bonds is 3. The number of carbonyl (C=O) groups excluding carboxylic acids is 1. The van der Waals surface area contributed by atoms with Gasteiger partial charge >= 0.3 is 5.97 Å². The number of nitrogens with zero attached hydrogens (tertiary/aromatic N) is 2. The van der Waals surface area contributed by atoms with Gasteiger partial charge in [0.1, 0.15) is 5.69 Å². The fraction of sp³-hybridized carbons (Fsp3) is 0.312. The van der Waals surface area contributed by atoms with Crippen molar-refractivity contribution >= 4 is 46.1 Å². The Labute approximate surface area is 142 Å². The number of benzene rings is 1. The molecule has 1 aromatic carbocycles. The van der Waals surface area contributed by atoms with Crippen molar-refractivity contribution in [2.45, 2.75) is 12.5 Å². The number of halogens is 1. The van der Waals surface area contributed by atoms with Gasteiger partial charge in [0, 0.05) is 28.5 Å². The highest BCUT2D eigenvalue weighted by atomic mass is 35.5. The molecule has 0 spiro atoms. The highest BCUT2D eigenvalue weighted by Crippen LogP contribution is 2.23. The predicted molar refractivity (Wildman–Crippen MR) is 91.2 cm³/mol. The Bertz CT molecular complexity index is 768. The van der Waals surface area contributed by atoms with E-state index in [-0.39, 0.29) is 18.4 Å². The molecule has 0 bridgehead atoms. The average molecular weight is 351 g/mol. The maximum Gasteiger partial charge on any atom is 0.305 e. The van der Waals surface area contributed by atoms with Gasteiger partial charge in [0.15, 0.2) is 0 Å². The second-order valence-corrected chi connectivity index (χ2v) is 6.94. The number of aliphatic carboxylic acids is 1. The first-order chi connectivity index (χ1) is 11.0. The summed E-state index contributed by atoms with van der Waals surface area (Å²) >= 11 is 7.65. The quantitative estimate of drug-likeness (QED) is 0.921. The molecule has 0 aliphatic carbocycles. The fourth-order valence-electron chi connectivity index (χ4n) is 2.65. The minimum absolute atomic E-state index is 0.0435. The van der Waals surface area contributed by atoms with Gasteiger partial charge in [0.25, 0.3) is 5.91 Å². The zero-order valence-corrected chi connectivity index (χ0v) is 13.8. The topological polar surface area (TPSA) is 70.5 Å². The molecule has 1 aliphatic rings.